The summed E-state index contributed by atoms with van der Waals surface area (Å²) in [5, 5.41) is 12.1. The average molecular weight is 295 g/mol. The first-order chi connectivity index (χ1) is 10.1. The molecular weight excluding hydrogens is 270 g/mol. The van der Waals surface area contributed by atoms with Crippen LogP contribution >= 0.6 is 0 Å². The van der Waals surface area contributed by atoms with Crippen LogP contribution in [0.25, 0.3) is 0 Å². The lowest BCUT2D eigenvalue weighted by atomic mass is 10.0. The second-order valence-electron chi connectivity index (χ2n) is 6.56. The molecular formula is C15H25N3O3. The van der Waals surface area contributed by atoms with Crippen LogP contribution in [-0.4, -0.2) is 65.2 Å². The first kappa shape index (κ1) is 14.6. The Hall–Kier alpha value is -1.30. The van der Waals surface area contributed by atoms with E-state index in [-0.39, 0.29) is 12.1 Å². The normalized spacial score (nSPS) is 33.5. The van der Waals surface area contributed by atoms with Crippen molar-refractivity contribution < 1.29 is 14.7 Å². The van der Waals surface area contributed by atoms with Crippen molar-refractivity contribution in [1.29, 1.82) is 0 Å². The maximum absolute atomic E-state index is 12.3. The van der Waals surface area contributed by atoms with Gasteiger partial charge >= 0.3 is 12.0 Å². The molecule has 1 saturated carbocycles. The number of aliphatic carboxylic acids is 1. The Labute approximate surface area is 125 Å². The quantitative estimate of drug-likeness (QED) is 0.818. The summed E-state index contributed by atoms with van der Waals surface area (Å²) in [6, 6.07) is 0.229. The minimum absolute atomic E-state index is 0.0742. The first-order valence-corrected chi connectivity index (χ1v) is 8.17. The molecule has 0 aromatic rings. The predicted octanol–water partition coefficient (Wildman–Crippen LogP) is 1.12. The van der Waals surface area contributed by atoms with Crippen molar-refractivity contribution in [3.05, 3.63) is 0 Å². The molecule has 2 heterocycles. The van der Waals surface area contributed by atoms with Crippen molar-refractivity contribution >= 4 is 12.0 Å². The first-order valence-electron chi connectivity index (χ1n) is 8.17. The van der Waals surface area contributed by atoms with E-state index in [0.717, 1.165) is 45.4 Å². The molecule has 3 aliphatic rings. The molecule has 0 radical (unpaired) electrons. The van der Waals surface area contributed by atoms with E-state index in [1.54, 1.807) is 0 Å². The highest BCUT2D eigenvalue weighted by Gasteiger charge is 2.37. The Morgan fingerprint density at radius 3 is 2.48 bits per heavy atom. The molecule has 0 aromatic carbocycles. The SMILES string of the molecule is O=C(O)C1CCCC1NC(=O)N1CCC(N2CCCC2)C1. The second kappa shape index (κ2) is 6.22. The van der Waals surface area contributed by atoms with Gasteiger partial charge in [-0.05, 0) is 45.2 Å². The maximum atomic E-state index is 12.3. The third-order valence-electron chi connectivity index (χ3n) is 5.25. The molecule has 6 heteroatoms. The van der Waals surface area contributed by atoms with E-state index in [4.69, 9.17) is 0 Å². The standard InChI is InChI=1S/C15H25N3O3/c19-14(20)12-4-3-5-13(12)16-15(21)18-9-6-11(10-18)17-7-1-2-8-17/h11-13H,1-10H2,(H,16,21)(H,19,20). The van der Waals surface area contributed by atoms with Crippen LogP contribution < -0.4 is 5.32 Å². The van der Waals surface area contributed by atoms with Crippen molar-refractivity contribution in [2.45, 2.75) is 50.6 Å². The number of nitrogens with one attached hydrogen (secondary N) is 1. The average Bonchev–Trinajstić information content (AvgIpc) is 3.19. The van der Waals surface area contributed by atoms with Gasteiger partial charge < -0.3 is 15.3 Å². The second-order valence-corrected chi connectivity index (χ2v) is 6.56. The Morgan fingerprint density at radius 2 is 1.76 bits per heavy atom. The van der Waals surface area contributed by atoms with Crippen LogP contribution in [0.3, 0.4) is 0 Å². The zero-order valence-corrected chi connectivity index (χ0v) is 12.5. The highest BCUT2D eigenvalue weighted by molar-refractivity contribution is 5.77. The van der Waals surface area contributed by atoms with Crippen molar-refractivity contribution in [1.82, 2.24) is 15.1 Å². The van der Waals surface area contributed by atoms with Gasteiger partial charge in [0.25, 0.3) is 0 Å². The number of amides is 2. The van der Waals surface area contributed by atoms with Gasteiger partial charge in [-0.2, -0.15) is 0 Å². The number of carboxylic acids is 1. The smallest absolute Gasteiger partial charge is 0.317 e. The monoisotopic (exact) mass is 295 g/mol. The summed E-state index contributed by atoms with van der Waals surface area (Å²) in [6.07, 6.45) is 5.93. The molecule has 6 nitrogen and oxygen atoms in total. The minimum atomic E-state index is -0.783. The van der Waals surface area contributed by atoms with Gasteiger partial charge in [-0.3, -0.25) is 9.69 Å². The molecule has 3 fully saturated rings. The number of urea groups is 1. The third-order valence-corrected chi connectivity index (χ3v) is 5.25. The van der Waals surface area contributed by atoms with Gasteiger partial charge in [0.15, 0.2) is 0 Å². The molecule has 2 N–H and O–H groups in total. The number of nitrogens with zero attached hydrogens (tertiary/aromatic N) is 2. The lowest BCUT2D eigenvalue weighted by Gasteiger charge is -2.25. The predicted molar refractivity (Wildman–Crippen MR) is 78.1 cm³/mol. The molecule has 2 amide bonds. The highest BCUT2D eigenvalue weighted by atomic mass is 16.4. The van der Waals surface area contributed by atoms with Crippen molar-refractivity contribution in [2.24, 2.45) is 5.92 Å². The largest absolute Gasteiger partial charge is 0.481 e. The van der Waals surface area contributed by atoms with Crippen LogP contribution in [0.4, 0.5) is 4.79 Å². The number of hydrogen-bond donors (Lipinski definition) is 2. The topological polar surface area (TPSA) is 72.9 Å². The number of likely N-dealkylation sites (tertiary alicyclic amines) is 2. The Balaban J connectivity index is 1.50. The molecule has 21 heavy (non-hydrogen) atoms. The van der Waals surface area contributed by atoms with E-state index in [1.807, 2.05) is 4.90 Å². The fourth-order valence-corrected chi connectivity index (χ4v) is 4.01. The zero-order valence-electron chi connectivity index (χ0n) is 12.5. The van der Waals surface area contributed by atoms with E-state index in [1.165, 1.54) is 12.8 Å². The van der Waals surface area contributed by atoms with Gasteiger partial charge in [-0.25, -0.2) is 4.79 Å². The van der Waals surface area contributed by atoms with E-state index in [9.17, 15) is 14.7 Å². The number of rotatable bonds is 3. The van der Waals surface area contributed by atoms with Crippen LogP contribution in [0.5, 0.6) is 0 Å². The van der Waals surface area contributed by atoms with Gasteiger partial charge in [0.05, 0.1) is 5.92 Å². The zero-order chi connectivity index (χ0) is 14.8. The third kappa shape index (κ3) is 3.15. The number of hydrogen-bond acceptors (Lipinski definition) is 3. The summed E-state index contributed by atoms with van der Waals surface area (Å²) in [6.45, 7) is 3.89. The molecule has 0 aromatic heterocycles. The molecule has 0 bridgehead atoms. The van der Waals surface area contributed by atoms with E-state index in [0.29, 0.717) is 12.5 Å². The highest BCUT2D eigenvalue weighted by Crippen LogP contribution is 2.26. The van der Waals surface area contributed by atoms with E-state index in [2.05, 4.69) is 10.2 Å². The molecule has 3 unspecified atom stereocenters. The fourth-order valence-electron chi connectivity index (χ4n) is 4.01. The number of carboxylic acid groups (broad SMARTS) is 1. The van der Waals surface area contributed by atoms with Crippen molar-refractivity contribution in [3.63, 3.8) is 0 Å². The molecule has 0 spiro atoms. The van der Waals surface area contributed by atoms with Crippen LogP contribution in [-0.2, 0) is 4.79 Å². The molecule has 118 valence electrons. The molecule has 2 aliphatic heterocycles. The van der Waals surface area contributed by atoms with Crippen LogP contribution in [0.1, 0.15) is 38.5 Å². The summed E-state index contributed by atoms with van der Waals surface area (Å²) >= 11 is 0. The Kier molecular flexibility index (Phi) is 4.33. The van der Waals surface area contributed by atoms with Gasteiger partial charge in [-0.1, -0.05) is 6.42 Å². The molecule has 2 saturated heterocycles. The van der Waals surface area contributed by atoms with Crippen molar-refractivity contribution in [2.75, 3.05) is 26.2 Å². The maximum Gasteiger partial charge on any atom is 0.317 e. The summed E-state index contributed by atoms with van der Waals surface area (Å²) < 4.78 is 0. The van der Waals surface area contributed by atoms with E-state index >= 15 is 0 Å². The Morgan fingerprint density at radius 1 is 1.00 bits per heavy atom. The van der Waals surface area contributed by atoms with Gasteiger partial charge in [-0.15, -0.1) is 0 Å². The van der Waals surface area contributed by atoms with Crippen LogP contribution in [0, 0.1) is 5.92 Å². The molecule has 3 atom stereocenters. The van der Waals surface area contributed by atoms with Gasteiger partial charge in [0.1, 0.15) is 0 Å². The fraction of sp³-hybridized carbons (Fsp3) is 0.867. The number of carbonyl (C=O) groups excluding carboxylic acids is 1. The minimum Gasteiger partial charge on any atom is -0.481 e. The van der Waals surface area contributed by atoms with E-state index < -0.39 is 11.9 Å². The Bertz CT molecular complexity index is 409. The number of carbonyl (C=O) groups is 2. The lowest BCUT2D eigenvalue weighted by Crippen LogP contribution is -2.47. The molecule has 1 aliphatic carbocycles. The lowest BCUT2D eigenvalue weighted by molar-refractivity contribution is -0.142. The molecule has 3 rings (SSSR count). The van der Waals surface area contributed by atoms with Crippen molar-refractivity contribution in [3.8, 4) is 0 Å². The van der Waals surface area contributed by atoms with Crippen LogP contribution in [0.15, 0.2) is 0 Å². The summed E-state index contributed by atoms with van der Waals surface area (Å²) in [5.41, 5.74) is 0. The van der Waals surface area contributed by atoms with Crippen LogP contribution in [0.2, 0.25) is 0 Å². The summed E-state index contributed by atoms with van der Waals surface area (Å²) in [7, 11) is 0. The summed E-state index contributed by atoms with van der Waals surface area (Å²) in [4.78, 5) is 27.9. The van der Waals surface area contributed by atoms with Gasteiger partial charge in [0, 0.05) is 25.2 Å². The summed E-state index contributed by atoms with van der Waals surface area (Å²) in [5.74, 6) is -1.19. The van der Waals surface area contributed by atoms with Gasteiger partial charge in [0.2, 0.25) is 0 Å².